The van der Waals surface area contributed by atoms with Gasteiger partial charge < -0.3 is 5.73 Å². The first-order valence-corrected chi connectivity index (χ1v) is 5.10. The van der Waals surface area contributed by atoms with E-state index in [0.717, 1.165) is 12.1 Å². The zero-order valence-corrected chi connectivity index (χ0v) is 8.83. The quantitative estimate of drug-likeness (QED) is 0.796. The lowest BCUT2D eigenvalue weighted by molar-refractivity contribution is 0.972. The molecule has 0 amide bonds. The van der Waals surface area contributed by atoms with Crippen molar-refractivity contribution < 1.29 is 0 Å². The summed E-state index contributed by atoms with van der Waals surface area (Å²) in [5.41, 5.74) is 10.3. The van der Waals surface area contributed by atoms with Gasteiger partial charge in [-0.25, -0.2) is 0 Å². The lowest BCUT2D eigenvalue weighted by Gasteiger charge is -2.02. The highest BCUT2D eigenvalue weighted by Gasteiger charge is 2.06. The van der Waals surface area contributed by atoms with Gasteiger partial charge in [-0.05, 0) is 31.5 Å². The Morgan fingerprint density at radius 3 is 3.00 bits per heavy atom. The van der Waals surface area contributed by atoms with Gasteiger partial charge in [0.05, 0.1) is 11.9 Å². The van der Waals surface area contributed by atoms with Crippen molar-refractivity contribution in [1.29, 1.82) is 0 Å². The van der Waals surface area contributed by atoms with Gasteiger partial charge in [0, 0.05) is 5.56 Å². The molecule has 0 atom stereocenters. The molecule has 0 aliphatic carbocycles. The van der Waals surface area contributed by atoms with Crippen LogP contribution in [0.4, 0.5) is 0 Å². The van der Waals surface area contributed by atoms with Gasteiger partial charge in [-0.2, -0.15) is 5.10 Å². The van der Waals surface area contributed by atoms with Crippen LogP contribution in [-0.4, -0.2) is 16.7 Å². The summed E-state index contributed by atoms with van der Waals surface area (Å²) >= 11 is 0. The van der Waals surface area contributed by atoms with Crippen LogP contribution >= 0.6 is 0 Å². The van der Waals surface area contributed by atoms with E-state index in [1.807, 2.05) is 6.20 Å². The number of nitrogens with one attached hydrogen (secondary N) is 1. The van der Waals surface area contributed by atoms with E-state index in [2.05, 4.69) is 41.4 Å². The van der Waals surface area contributed by atoms with E-state index in [9.17, 15) is 0 Å². The molecule has 2 rings (SSSR count). The predicted octanol–water partition coefficient (Wildman–Crippen LogP) is 1.89. The van der Waals surface area contributed by atoms with Crippen molar-refractivity contribution in [3.05, 3.63) is 41.6 Å². The third-order valence-electron chi connectivity index (χ3n) is 2.44. The Hall–Kier alpha value is -1.61. The van der Waals surface area contributed by atoms with Gasteiger partial charge in [0.15, 0.2) is 0 Å². The number of aryl methyl sites for hydroxylation is 1. The van der Waals surface area contributed by atoms with Crippen LogP contribution in [0.3, 0.4) is 0 Å². The fourth-order valence-electron chi connectivity index (χ4n) is 1.71. The number of benzene rings is 1. The molecule has 0 unspecified atom stereocenters. The van der Waals surface area contributed by atoms with Gasteiger partial charge in [-0.1, -0.05) is 23.8 Å². The first-order valence-electron chi connectivity index (χ1n) is 5.10. The zero-order chi connectivity index (χ0) is 10.7. The number of hydrogen-bond donors (Lipinski definition) is 2. The third kappa shape index (κ3) is 2.07. The van der Waals surface area contributed by atoms with E-state index >= 15 is 0 Å². The average molecular weight is 201 g/mol. The summed E-state index contributed by atoms with van der Waals surface area (Å²) in [6, 6.07) is 8.37. The molecule has 3 heteroatoms. The minimum absolute atomic E-state index is 0.651. The predicted molar refractivity (Wildman–Crippen MR) is 61.5 cm³/mol. The molecule has 0 fully saturated rings. The lowest BCUT2D eigenvalue weighted by Crippen LogP contribution is -2.02. The summed E-state index contributed by atoms with van der Waals surface area (Å²) in [4.78, 5) is 0. The molecule has 3 nitrogen and oxygen atoms in total. The Kier molecular flexibility index (Phi) is 2.83. The van der Waals surface area contributed by atoms with Crippen molar-refractivity contribution in [3.63, 3.8) is 0 Å². The van der Waals surface area contributed by atoms with Crippen LogP contribution < -0.4 is 5.73 Å². The Bertz CT molecular complexity index is 446. The summed E-state index contributed by atoms with van der Waals surface area (Å²) in [6.45, 7) is 2.74. The van der Waals surface area contributed by atoms with Crippen molar-refractivity contribution in [2.75, 3.05) is 6.54 Å². The number of nitrogens with zero attached hydrogens (tertiary/aromatic N) is 1. The summed E-state index contributed by atoms with van der Waals surface area (Å²) in [5, 5.41) is 7.09. The van der Waals surface area contributed by atoms with Crippen molar-refractivity contribution in [2.24, 2.45) is 5.73 Å². The molecule has 1 heterocycles. The minimum Gasteiger partial charge on any atom is -0.330 e. The van der Waals surface area contributed by atoms with E-state index in [0.29, 0.717) is 6.54 Å². The molecule has 1 aromatic carbocycles. The summed E-state index contributed by atoms with van der Waals surface area (Å²) in [5.74, 6) is 0. The fourth-order valence-corrected chi connectivity index (χ4v) is 1.71. The summed E-state index contributed by atoms with van der Waals surface area (Å²) in [6.07, 6.45) is 2.71. The van der Waals surface area contributed by atoms with Crippen molar-refractivity contribution >= 4 is 0 Å². The second-order valence-electron chi connectivity index (χ2n) is 3.68. The zero-order valence-electron chi connectivity index (χ0n) is 8.83. The highest BCUT2D eigenvalue weighted by Crippen LogP contribution is 2.21. The molecule has 2 aromatic rings. The van der Waals surface area contributed by atoms with Gasteiger partial charge in [-0.15, -0.1) is 0 Å². The Morgan fingerprint density at radius 2 is 2.27 bits per heavy atom. The lowest BCUT2D eigenvalue weighted by atomic mass is 10.0. The van der Waals surface area contributed by atoms with Crippen LogP contribution in [0.15, 0.2) is 30.5 Å². The highest BCUT2D eigenvalue weighted by molar-refractivity contribution is 5.63. The molecule has 0 saturated heterocycles. The fraction of sp³-hybridized carbons (Fsp3) is 0.250. The third-order valence-corrected chi connectivity index (χ3v) is 2.44. The second kappa shape index (κ2) is 4.28. The molecule has 78 valence electrons. The molecule has 0 radical (unpaired) electrons. The molecule has 0 bridgehead atoms. The Balaban J connectivity index is 2.40. The number of aromatic amines is 1. The number of rotatable bonds is 3. The minimum atomic E-state index is 0.651. The molecule has 0 spiro atoms. The van der Waals surface area contributed by atoms with Crippen LogP contribution in [0.2, 0.25) is 0 Å². The van der Waals surface area contributed by atoms with Crippen LogP contribution in [-0.2, 0) is 6.42 Å². The van der Waals surface area contributed by atoms with Crippen molar-refractivity contribution in [1.82, 2.24) is 10.2 Å². The highest BCUT2D eigenvalue weighted by atomic mass is 15.1. The molecule has 3 N–H and O–H groups in total. The normalized spacial score (nSPS) is 10.5. The SMILES string of the molecule is Cc1cccc(-c2[nH]ncc2CCN)c1. The van der Waals surface area contributed by atoms with Crippen molar-refractivity contribution in [3.8, 4) is 11.3 Å². The second-order valence-corrected chi connectivity index (χ2v) is 3.68. The largest absolute Gasteiger partial charge is 0.330 e. The van der Waals surface area contributed by atoms with E-state index in [-0.39, 0.29) is 0 Å². The van der Waals surface area contributed by atoms with Crippen LogP contribution in [0.5, 0.6) is 0 Å². The number of hydrogen-bond acceptors (Lipinski definition) is 2. The molecule has 0 aliphatic heterocycles. The van der Waals surface area contributed by atoms with Crippen LogP contribution in [0.25, 0.3) is 11.3 Å². The van der Waals surface area contributed by atoms with Gasteiger partial charge in [-0.3, -0.25) is 5.10 Å². The first kappa shape index (κ1) is 9.93. The molecule has 1 aromatic heterocycles. The van der Waals surface area contributed by atoms with Gasteiger partial charge in [0.25, 0.3) is 0 Å². The maximum absolute atomic E-state index is 5.55. The van der Waals surface area contributed by atoms with Gasteiger partial charge >= 0.3 is 0 Å². The van der Waals surface area contributed by atoms with Crippen LogP contribution in [0, 0.1) is 6.92 Å². The standard InChI is InChI=1S/C12H15N3/c1-9-3-2-4-10(7-9)12-11(5-6-13)8-14-15-12/h2-4,7-8H,5-6,13H2,1H3,(H,14,15). The summed E-state index contributed by atoms with van der Waals surface area (Å²) < 4.78 is 0. The molecule has 15 heavy (non-hydrogen) atoms. The van der Waals surface area contributed by atoms with E-state index in [4.69, 9.17) is 5.73 Å². The number of nitrogens with two attached hydrogens (primary N) is 1. The smallest absolute Gasteiger partial charge is 0.0682 e. The van der Waals surface area contributed by atoms with E-state index < -0.39 is 0 Å². The van der Waals surface area contributed by atoms with Gasteiger partial charge in [0.2, 0.25) is 0 Å². The molecule has 0 saturated carbocycles. The van der Waals surface area contributed by atoms with Crippen LogP contribution in [0.1, 0.15) is 11.1 Å². The molecule has 0 aliphatic rings. The maximum Gasteiger partial charge on any atom is 0.0682 e. The maximum atomic E-state index is 5.55. The molecular formula is C12H15N3. The van der Waals surface area contributed by atoms with E-state index in [1.165, 1.54) is 16.7 Å². The Labute approximate surface area is 89.3 Å². The van der Waals surface area contributed by atoms with Crippen molar-refractivity contribution in [2.45, 2.75) is 13.3 Å². The number of aromatic nitrogens is 2. The first-order chi connectivity index (χ1) is 7.31. The Morgan fingerprint density at radius 1 is 1.40 bits per heavy atom. The average Bonchev–Trinajstić information content (AvgIpc) is 2.66. The monoisotopic (exact) mass is 201 g/mol. The van der Waals surface area contributed by atoms with Gasteiger partial charge in [0.1, 0.15) is 0 Å². The molecular weight excluding hydrogens is 186 g/mol. The summed E-state index contributed by atoms with van der Waals surface area (Å²) in [7, 11) is 0. The number of H-pyrrole nitrogens is 1. The van der Waals surface area contributed by atoms with E-state index in [1.54, 1.807) is 0 Å². The topological polar surface area (TPSA) is 54.7 Å².